The molecule has 1 aromatic heterocycles. The number of carbonyl (C=O) groups is 1. The first-order valence-electron chi connectivity index (χ1n) is 6.13. The predicted octanol–water partition coefficient (Wildman–Crippen LogP) is 0.278. The van der Waals surface area contributed by atoms with Gasteiger partial charge in [-0.3, -0.25) is 9.59 Å². The van der Waals surface area contributed by atoms with Gasteiger partial charge in [-0.05, 0) is 20.4 Å². The van der Waals surface area contributed by atoms with E-state index in [4.69, 9.17) is 5.73 Å². The van der Waals surface area contributed by atoms with Crippen LogP contribution < -0.4 is 16.6 Å². The van der Waals surface area contributed by atoms with Gasteiger partial charge in [-0.2, -0.15) is 0 Å². The number of nitrogens with one attached hydrogen (secondary N) is 2. The maximum atomic E-state index is 11.5. The molecule has 0 aromatic carbocycles. The number of aromatic amines is 1. The van der Waals surface area contributed by atoms with Gasteiger partial charge in [0.25, 0.3) is 5.56 Å². The molecule has 0 radical (unpaired) electrons. The molecule has 7 heteroatoms. The molecule has 0 aliphatic rings. The Bertz CT molecular complexity index is 503. The molecule has 1 amide bonds. The highest BCUT2D eigenvalue weighted by Gasteiger charge is 2.29. The van der Waals surface area contributed by atoms with Crippen molar-refractivity contribution >= 4 is 17.7 Å². The molecule has 1 atom stereocenters. The van der Waals surface area contributed by atoms with Gasteiger partial charge < -0.3 is 16.0 Å². The average Bonchev–Trinajstić information content (AvgIpc) is 2.35. The standard InChI is InChI=1S/C12H20N4O2S/c1-4-5-8-6-9(17)16-11(15-8)19-7-12(2,14-3)10(13)18/h6,14H,4-5,7H2,1-3H3,(H2,13,18)(H,15,16,17). The average molecular weight is 284 g/mol. The quantitative estimate of drug-likeness (QED) is 0.493. The van der Waals surface area contributed by atoms with Crippen molar-refractivity contribution in [1.29, 1.82) is 0 Å². The number of H-pyrrole nitrogens is 1. The van der Waals surface area contributed by atoms with E-state index in [2.05, 4.69) is 15.3 Å². The number of primary amides is 1. The fourth-order valence-electron chi connectivity index (χ4n) is 1.42. The van der Waals surface area contributed by atoms with Crippen LogP contribution in [0.5, 0.6) is 0 Å². The molecular formula is C12H20N4O2S. The number of amides is 1. The van der Waals surface area contributed by atoms with Gasteiger partial charge in [0.05, 0.1) is 0 Å². The lowest BCUT2D eigenvalue weighted by atomic mass is 10.1. The molecule has 0 saturated heterocycles. The van der Waals surface area contributed by atoms with Gasteiger partial charge in [0, 0.05) is 17.5 Å². The Labute approximate surface area is 116 Å². The highest BCUT2D eigenvalue weighted by molar-refractivity contribution is 7.99. The van der Waals surface area contributed by atoms with Gasteiger partial charge in [0.15, 0.2) is 5.16 Å². The number of rotatable bonds is 7. The number of hydrogen-bond acceptors (Lipinski definition) is 5. The zero-order valence-electron chi connectivity index (χ0n) is 11.4. The summed E-state index contributed by atoms with van der Waals surface area (Å²) in [5, 5.41) is 3.40. The Morgan fingerprint density at radius 3 is 2.84 bits per heavy atom. The molecule has 0 saturated carbocycles. The minimum absolute atomic E-state index is 0.175. The number of aryl methyl sites for hydroxylation is 1. The molecule has 4 N–H and O–H groups in total. The Morgan fingerprint density at radius 2 is 2.32 bits per heavy atom. The van der Waals surface area contributed by atoms with Gasteiger partial charge in [0.2, 0.25) is 5.91 Å². The van der Waals surface area contributed by atoms with E-state index in [0.29, 0.717) is 10.9 Å². The Kier molecular flexibility index (Phi) is 5.56. The first-order valence-corrected chi connectivity index (χ1v) is 7.11. The molecule has 1 heterocycles. The molecule has 0 spiro atoms. The van der Waals surface area contributed by atoms with Gasteiger partial charge in [-0.1, -0.05) is 25.1 Å². The van der Waals surface area contributed by atoms with E-state index in [9.17, 15) is 9.59 Å². The SMILES string of the molecule is CCCc1cc(=O)[nH]c(SCC(C)(NC)C(N)=O)n1. The number of nitrogens with zero attached hydrogens (tertiary/aromatic N) is 1. The van der Waals surface area contributed by atoms with Crippen LogP contribution in [0, 0.1) is 0 Å². The summed E-state index contributed by atoms with van der Waals surface area (Å²) in [6.45, 7) is 3.75. The van der Waals surface area contributed by atoms with Crippen LogP contribution in [0.15, 0.2) is 16.0 Å². The lowest BCUT2D eigenvalue weighted by molar-refractivity contribution is -0.122. The van der Waals surface area contributed by atoms with Crippen LogP contribution in [0.1, 0.15) is 26.0 Å². The Morgan fingerprint density at radius 1 is 1.63 bits per heavy atom. The molecular weight excluding hydrogens is 264 g/mol. The van der Waals surface area contributed by atoms with Crippen LogP contribution in [-0.2, 0) is 11.2 Å². The van der Waals surface area contributed by atoms with Crippen molar-refractivity contribution in [2.45, 2.75) is 37.4 Å². The van der Waals surface area contributed by atoms with Gasteiger partial charge >= 0.3 is 0 Å². The summed E-state index contributed by atoms with van der Waals surface area (Å²) >= 11 is 1.30. The van der Waals surface area contributed by atoms with E-state index in [1.54, 1.807) is 14.0 Å². The summed E-state index contributed by atoms with van der Waals surface area (Å²) in [5.74, 6) is -0.0354. The van der Waals surface area contributed by atoms with E-state index in [1.165, 1.54) is 17.8 Å². The summed E-state index contributed by atoms with van der Waals surface area (Å²) in [6, 6.07) is 1.50. The second-order valence-electron chi connectivity index (χ2n) is 4.53. The van der Waals surface area contributed by atoms with Crippen LogP contribution in [0.3, 0.4) is 0 Å². The van der Waals surface area contributed by atoms with Crippen molar-refractivity contribution in [3.05, 3.63) is 22.1 Å². The molecule has 1 rings (SSSR count). The number of nitrogens with two attached hydrogens (primary N) is 1. The van der Waals surface area contributed by atoms with Crippen molar-refractivity contribution in [1.82, 2.24) is 15.3 Å². The minimum Gasteiger partial charge on any atom is -0.368 e. The fraction of sp³-hybridized carbons (Fsp3) is 0.583. The summed E-state index contributed by atoms with van der Waals surface area (Å²) in [7, 11) is 1.68. The lowest BCUT2D eigenvalue weighted by Gasteiger charge is -2.24. The molecule has 0 fully saturated rings. The topological polar surface area (TPSA) is 101 Å². The molecule has 0 bridgehead atoms. The van der Waals surface area contributed by atoms with E-state index >= 15 is 0 Å². The molecule has 0 aliphatic heterocycles. The van der Waals surface area contributed by atoms with Crippen LogP contribution in [0.25, 0.3) is 0 Å². The maximum Gasteiger partial charge on any atom is 0.251 e. The van der Waals surface area contributed by atoms with E-state index < -0.39 is 11.4 Å². The molecule has 6 nitrogen and oxygen atoms in total. The molecule has 106 valence electrons. The van der Waals surface area contributed by atoms with E-state index in [1.807, 2.05) is 6.92 Å². The third-order valence-corrected chi connectivity index (χ3v) is 4.06. The smallest absolute Gasteiger partial charge is 0.251 e. The van der Waals surface area contributed by atoms with Crippen molar-refractivity contribution in [3.63, 3.8) is 0 Å². The second kappa shape index (κ2) is 6.72. The molecule has 0 aliphatic carbocycles. The molecule has 1 unspecified atom stereocenters. The molecule has 19 heavy (non-hydrogen) atoms. The number of thioether (sulfide) groups is 1. The zero-order valence-corrected chi connectivity index (χ0v) is 12.3. The number of hydrogen-bond donors (Lipinski definition) is 3. The van der Waals surface area contributed by atoms with Crippen LogP contribution in [0.4, 0.5) is 0 Å². The van der Waals surface area contributed by atoms with Crippen LogP contribution in [-0.4, -0.2) is 34.2 Å². The third kappa shape index (κ3) is 4.36. The van der Waals surface area contributed by atoms with E-state index in [-0.39, 0.29) is 5.56 Å². The zero-order chi connectivity index (χ0) is 14.5. The van der Waals surface area contributed by atoms with Crippen LogP contribution in [0.2, 0.25) is 0 Å². The normalized spacial score (nSPS) is 14.1. The first-order chi connectivity index (χ1) is 8.91. The van der Waals surface area contributed by atoms with Crippen molar-refractivity contribution in [3.8, 4) is 0 Å². The van der Waals surface area contributed by atoms with Gasteiger partial charge in [-0.25, -0.2) is 4.98 Å². The number of likely N-dealkylation sites (N-methyl/N-ethyl adjacent to an activating group) is 1. The number of aromatic nitrogens is 2. The Balaban J connectivity index is 2.82. The summed E-state index contributed by atoms with van der Waals surface area (Å²) < 4.78 is 0. The monoisotopic (exact) mass is 284 g/mol. The number of carbonyl (C=O) groups excluding carboxylic acids is 1. The van der Waals surface area contributed by atoms with Gasteiger partial charge in [-0.15, -0.1) is 0 Å². The van der Waals surface area contributed by atoms with E-state index in [0.717, 1.165) is 18.5 Å². The predicted molar refractivity (Wildman–Crippen MR) is 76.2 cm³/mol. The summed E-state index contributed by atoms with van der Waals surface area (Å²) in [5.41, 5.74) is 5.10. The first kappa shape index (κ1) is 15.7. The minimum atomic E-state index is -0.829. The second-order valence-corrected chi connectivity index (χ2v) is 5.49. The maximum absolute atomic E-state index is 11.5. The lowest BCUT2D eigenvalue weighted by Crippen LogP contribution is -2.53. The largest absolute Gasteiger partial charge is 0.368 e. The summed E-state index contributed by atoms with van der Waals surface area (Å²) in [6.07, 6.45) is 1.69. The molecule has 1 aromatic rings. The van der Waals surface area contributed by atoms with Gasteiger partial charge in [0.1, 0.15) is 5.54 Å². The Hall–Kier alpha value is -1.34. The highest BCUT2D eigenvalue weighted by atomic mass is 32.2. The third-order valence-electron chi connectivity index (χ3n) is 2.87. The summed E-state index contributed by atoms with van der Waals surface area (Å²) in [4.78, 5) is 29.9. The van der Waals surface area contributed by atoms with Crippen molar-refractivity contribution < 1.29 is 4.79 Å². The highest BCUT2D eigenvalue weighted by Crippen LogP contribution is 2.18. The fourth-order valence-corrected chi connectivity index (χ4v) is 2.48. The van der Waals surface area contributed by atoms with Crippen molar-refractivity contribution in [2.75, 3.05) is 12.8 Å². The van der Waals surface area contributed by atoms with Crippen LogP contribution >= 0.6 is 11.8 Å². The van der Waals surface area contributed by atoms with Crippen molar-refractivity contribution in [2.24, 2.45) is 5.73 Å².